The molecule has 0 saturated heterocycles. The van der Waals surface area contributed by atoms with Crippen molar-refractivity contribution in [3.63, 3.8) is 0 Å². The third kappa shape index (κ3) is 1.92. The van der Waals surface area contributed by atoms with Crippen LogP contribution in [0.15, 0.2) is 27.1 Å². The Balaban J connectivity index is 2.75. The normalized spacial score (nSPS) is 11.3. The van der Waals surface area contributed by atoms with Crippen LogP contribution < -0.4 is 0 Å². The second kappa shape index (κ2) is 4.06. The van der Waals surface area contributed by atoms with Gasteiger partial charge in [-0.2, -0.15) is 0 Å². The minimum Gasteiger partial charge on any atom is -0.453 e. The fraction of sp³-hybridized carbons (Fsp3) is 0.308. The minimum atomic E-state index is -0.0398. The van der Waals surface area contributed by atoms with Crippen LogP contribution in [-0.2, 0) is 0 Å². The molecule has 0 bridgehead atoms. The van der Waals surface area contributed by atoms with E-state index in [4.69, 9.17) is 4.42 Å². The van der Waals surface area contributed by atoms with Crippen molar-refractivity contribution in [1.82, 2.24) is 0 Å². The van der Waals surface area contributed by atoms with Crippen molar-refractivity contribution in [2.75, 3.05) is 0 Å². The summed E-state index contributed by atoms with van der Waals surface area (Å²) < 4.78 is 6.62. The summed E-state index contributed by atoms with van der Waals surface area (Å²) in [5, 5.41) is 0.975. The zero-order chi connectivity index (χ0) is 11.9. The average Bonchev–Trinajstić information content (AvgIpc) is 2.59. The van der Waals surface area contributed by atoms with Gasteiger partial charge < -0.3 is 4.42 Å². The number of hydrogen-bond donors (Lipinski definition) is 0. The Labute approximate surface area is 103 Å². The maximum atomic E-state index is 11.3. The average molecular weight is 281 g/mol. The van der Waals surface area contributed by atoms with Crippen molar-refractivity contribution in [3.05, 3.63) is 34.0 Å². The highest BCUT2D eigenvalue weighted by atomic mass is 79.9. The molecule has 3 heteroatoms. The Morgan fingerprint density at radius 1 is 1.31 bits per heavy atom. The first-order valence-corrected chi connectivity index (χ1v) is 6.02. The van der Waals surface area contributed by atoms with E-state index in [2.05, 4.69) is 29.8 Å². The number of Topliss-reactive ketones (excluding diaryl/α,β-unsaturated/α-hetero) is 1. The van der Waals surface area contributed by atoms with Gasteiger partial charge in [-0.25, -0.2) is 0 Å². The Morgan fingerprint density at radius 3 is 2.56 bits per heavy atom. The van der Waals surface area contributed by atoms with Gasteiger partial charge in [-0.3, -0.25) is 4.79 Å². The van der Waals surface area contributed by atoms with E-state index < -0.39 is 0 Å². The standard InChI is InChI=1S/C13H13BrO2/c1-7(2)11-6-10(14)4-9-5-12(8(3)15)16-13(9)11/h4-7H,1-3H3. The van der Waals surface area contributed by atoms with Gasteiger partial charge in [0.2, 0.25) is 0 Å². The summed E-state index contributed by atoms with van der Waals surface area (Å²) in [5.74, 6) is 0.753. The molecule has 0 N–H and O–H groups in total. The van der Waals surface area contributed by atoms with Crippen molar-refractivity contribution in [2.24, 2.45) is 0 Å². The van der Waals surface area contributed by atoms with E-state index >= 15 is 0 Å². The number of rotatable bonds is 2. The number of halogens is 1. The molecule has 0 atom stereocenters. The maximum Gasteiger partial charge on any atom is 0.194 e. The van der Waals surface area contributed by atoms with Gasteiger partial charge >= 0.3 is 0 Å². The molecular formula is C13H13BrO2. The molecule has 2 nitrogen and oxygen atoms in total. The van der Waals surface area contributed by atoms with E-state index in [0.717, 1.165) is 21.0 Å². The van der Waals surface area contributed by atoms with Crippen LogP contribution in [0.25, 0.3) is 11.0 Å². The molecule has 1 heterocycles. The van der Waals surface area contributed by atoms with Crippen LogP contribution in [0.3, 0.4) is 0 Å². The van der Waals surface area contributed by atoms with Gasteiger partial charge in [0.25, 0.3) is 0 Å². The van der Waals surface area contributed by atoms with Crippen LogP contribution in [-0.4, -0.2) is 5.78 Å². The minimum absolute atomic E-state index is 0.0398. The van der Waals surface area contributed by atoms with E-state index in [9.17, 15) is 4.79 Å². The number of carbonyl (C=O) groups excluding carboxylic acids is 1. The van der Waals surface area contributed by atoms with E-state index in [1.165, 1.54) is 6.92 Å². The molecule has 0 radical (unpaired) electrons. The zero-order valence-electron chi connectivity index (χ0n) is 9.50. The molecule has 0 fully saturated rings. The van der Waals surface area contributed by atoms with Crippen LogP contribution in [0, 0.1) is 0 Å². The molecule has 0 spiro atoms. The molecule has 0 saturated carbocycles. The molecule has 0 unspecified atom stereocenters. The second-order valence-electron chi connectivity index (χ2n) is 4.23. The zero-order valence-corrected chi connectivity index (χ0v) is 11.1. The van der Waals surface area contributed by atoms with Gasteiger partial charge in [-0.15, -0.1) is 0 Å². The first-order valence-electron chi connectivity index (χ1n) is 5.23. The van der Waals surface area contributed by atoms with Crippen molar-refractivity contribution in [3.8, 4) is 0 Å². The topological polar surface area (TPSA) is 30.2 Å². The summed E-state index contributed by atoms with van der Waals surface area (Å²) in [6, 6.07) is 5.81. The van der Waals surface area contributed by atoms with Crippen LogP contribution in [0.2, 0.25) is 0 Å². The van der Waals surface area contributed by atoms with Crippen LogP contribution in [0.5, 0.6) is 0 Å². The van der Waals surface area contributed by atoms with Crippen molar-refractivity contribution < 1.29 is 9.21 Å². The number of ketones is 1. The highest BCUT2D eigenvalue weighted by Gasteiger charge is 2.14. The lowest BCUT2D eigenvalue weighted by Crippen LogP contribution is -1.88. The van der Waals surface area contributed by atoms with Crippen molar-refractivity contribution in [2.45, 2.75) is 26.7 Å². The molecule has 2 rings (SSSR count). The summed E-state index contributed by atoms with van der Waals surface area (Å²) in [6.07, 6.45) is 0. The third-order valence-electron chi connectivity index (χ3n) is 2.58. The summed E-state index contributed by atoms with van der Waals surface area (Å²) >= 11 is 3.47. The maximum absolute atomic E-state index is 11.3. The predicted octanol–water partition coefficient (Wildman–Crippen LogP) is 4.52. The molecular weight excluding hydrogens is 268 g/mol. The van der Waals surface area contributed by atoms with Gasteiger partial charge in [0.05, 0.1) is 0 Å². The Kier molecular flexibility index (Phi) is 2.89. The molecule has 0 amide bonds. The Morgan fingerprint density at radius 2 is 2.00 bits per heavy atom. The molecule has 0 aliphatic heterocycles. The predicted molar refractivity (Wildman–Crippen MR) is 68.0 cm³/mol. The van der Waals surface area contributed by atoms with E-state index in [1.54, 1.807) is 6.07 Å². The van der Waals surface area contributed by atoms with Crippen LogP contribution in [0.4, 0.5) is 0 Å². The fourth-order valence-electron chi connectivity index (χ4n) is 1.74. The molecule has 84 valence electrons. The Bertz CT molecular complexity index is 552. The first-order chi connectivity index (χ1) is 7.49. The van der Waals surface area contributed by atoms with Gasteiger partial charge in [0.1, 0.15) is 5.58 Å². The number of benzene rings is 1. The van der Waals surface area contributed by atoms with Gasteiger partial charge in [0, 0.05) is 16.8 Å². The second-order valence-corrected chi connectivity index (χ2v) is 5.15. The van der Waals surface area contributed by atoms with Gasteiger partial charge in [0.15, 0.2) is 11.5 Å². The van der Waals surface area contributed by atoms with Crippen LogP contribution in [0.1, 0.15) is 42.8 Å². The molecule has 1 aromatic carbocycles. The van der Waals surface area contributed by atoms with Crippen molar-refractivity contribution in [1.29, 1.82) is 0 Å². The number of hydrogen-bond acceptors (Lipinski definition) is 2. The quantitative estimate of drug-likeness (QED) is 0.757. The number of furan rings is 1. The molecule has 16 heavy (non-hydrogen) atoms. The Hall–Kier alpha value is -1.09. The summed E-state index contributed by atoms with van der Waals surface area (Å²) in [7, 11) is 0. The monoisotopic (exact) mass is 280 g/mol. The SMILES string of the molecule is CC(=O)c1cc2cc(Br)cc(C(C)C)c2o1. The molecule has 0 aliphatic carbocycles. The highest BCUT2D eigenvalue weighted by Crippen LogP contribution is 2.31. The summed E-state index contributed by atoms with van der Waals surface area (Å²) in [5.41, 5.74) is 1.94. The smallest absolute Gasteiger partial charge is 0.194 e. The van der Waals surface area contributed by atoms with Gasteiger partial charge in [-0.1, -0.05) is 29.8 Å². The summed E-state index contributed by atoms with van der Waals surface area (Å²) in [6.45, 7) is 5.73. The lowest BCUT2D eigenvalue weighted by Gasteiger charge is -2.06. The van der Waals surface area contributed by atoms with E-state index in [-0.39, 0.29) is 5.78 Å². The molecule has 2 aromatic rings. The summed E-state index contributed by atoms with van der Waals surface area (Å²) in [4.78, 5) is 11.3. The number of fused-ring (bicyclic) bond motifs is 1. The molecule has 1 aromatic heterocycles. The first kappa shape index (κ1) is 11.4. The third-order valence-corrected chi connectivity index (χ3v) is 3.04. The fourth-order valence-corrected chi connectivity index (χ4v) is 2.24. The van der Waals surface area contributed by atoms with E-state index in [1.807, 2.05) is 12.1 Å². The molecule has 0 aliphatic rings. The largest absolute Gasteiger partial charge is 0.453 e. The number of carbonyl (C=O) groups is 1. The lowest BCUT2D eigenvalue weighted by atomic mass is 10.0. The van der Waals surface area contributed by atoms with Gasteiger partial charge in [-0.05, 0) is 29.7 Å². The lowest BCUT2D eigenvalue weighted by molar-refractivity contribution is 0.0989. The van der Waals surface area contributed by atoms with E-state index in [0.29, 0.717) is 11.7 Å². The van der Waals surface area contributed by atoms with Crippen molar-refractivity contribution >= 4 is 32.7 Å². The van der Waals surface area contributed by atoms with Crippen LogP contribution >= 0.6 is 15.9 Å². The highest BCUT2D eigenvalue weighted by molar-refractivity contribution is 9.10.